The van der Waals surface area contributed by atoms with Crippen molar-refractivity contribution in [1.29, 1.82) is 0 Å². The van der Waals surface area contributed by atoms with Crippen molar-refractivity contribution < 1.29 is 9.90 Å². The molecule has 0 radical (unpaired) electrons. The van der Waals surface area contributed by atoms with Crippen molar-refractivity contribution in [1.82, 2.24) is 0 Å². The van der Waals surface area contributed by atoms with Crippen LogP contribution < -0.4 is 11.1 Å². The number of phenolic OH excluding ortho intramolecular Hbond substituents is 1. The second-order valence-corrected chi connectivity index (χ2v) is 5.51. The van der Waals surface area contributed by atoms with E-state index in [2.05, 4.69) is 5.32 Å². The number of benzene rings is 1. The van der Waals surface area contributed by atoms with Gasteiger partial charge in [-0.2, -0.15) is 0 Å². The lowest BCUT2D eigenvalue weighted by molar-refractivity contribution is -0.116. The molecule has 0 atom stereocenters. The van der Waals surface area contributed by atoms with E-state index in [0.717, 1.165) is 11.1 Å². The Labute approximate surface area is 108 Å². The predicted molar refractivity (Wildman–Crippen MR) is 73.7 cm³/mol. The molecular formula is C14H22N2O2. The lowest BCUT2D eigenvalue weighted by Crippen LogP contribution is -2.33. The highest BCUT2D eigenvalue weighted by molar-refractivity contribution is 5.92. The van der Waals surface area contributed by atoms with Gasteiger partial charge in [0.15, 0.2) is 0 Å². The summed E-state index contributed by atoms with van der Waals surface area (Å²) < 4.78 is 0. The zero-order chi connectivity index (χ0) is 13.9. The minimum absolute atomic E-state index is 0.126. The van der Waals surface area contributed by atoms with Gasteiger partial charge in [-0.05, 0) is 51.3 Å². The molecule has 100 valence electrons. The van der Waals surface area contributed by atoms with Crippen LogP contribution in [0.5, 0.6) is 5.75 Å². The monoisotopic (exact) mass is 250 g/mol. The zero-order valence-electron chi connectivity index (χ0n) is 11.5. The number of amides is 1. The molecule has 0 saturated carbocycles. The van der Waals surface area contributed by atoms with Crippen molar-refractivity contribution in [3.63, 3.8) is 0 Å². The molecule has 0 bridgehead atoms. The van der Waals surface area contributed by atoms with Crippen molar-refractivity contribution >= 4 is 11.6 Å². The largest absolute Gasteiger partial charge is 0.505 e. The molecule has 1 aromatic carbocycles. The number of hydrogen-bond acceptors (Lipinski definition) is 3. The third-order valence-corrected chi connectivity index (χ3v) is 2.72. The molecule has 0 aromatic heterocycles. The first-order valence-electron chi connectivity index (χ1n) is 6.08. The van der Waals surface area contributed by atoms with Gasteiger partial charge in [0.1, 0.15) is 5.75 Å². The van der Waals surface area contributed by atoms with Gasteiger partial charge in [-0.25, -0.2) is 0 Å². The lowest BCUT2D eigenvalue weighted by Gasteiger charge is -2.18. The number of phenols is 1. The summed E-state index contributed by atoms with van der Waals surface area (Å²) >= 11 is 0. The number of aryl methyl sites for hydroxylation is 2. The Kier molecular flexibility index (Phi) is 4.35. The molecule has 0 fully saturated rings. The normalized spacial score (nSPS) is 11.4. The summed E-state index contributed by atoms with van der Waals surface area (Å²) in [6.07, 6.45) is 0.945. The average Bonchev–Trinajstić information content (AvgIpc) is 2.21. The van der Waals surface area contributed by atoms with Gasteiger partial charge in [0.05, 0.1) is 5.69 Å². The molecule has 4 heteroatoms. The fraction of sp³-hybridized carbons (Fsp3) is 0.500. The van der Waals surface area contributed by atoms with Gasteiger partial charge in [-0.1, -0.05) is 6.07 Å². The van der Waals surface area contributed by atoms with Crippen LogP contribution in [0.3, 0.4) is 0 Å². The molecule has 1 aromatic rings. The Bertz CT molecular complexity index is 448. The smallest absolute Gasteiger partial charge is 0.224 e. The first-order valence-corrected chi connectivity index (χ1v) is 6.08. The third-order valence-electron chi connectivity index (χ3n) is 2.72. The van der Waals surface area contributed by atoms with Gasteiger partial charge in [0.25, 0.3) is 0 Å². The van der Waals surface area contributed by atoms with E-state index in [0.29, 0.717) is 18.5 Å². The molecule has 0 aliphatic heterocycles. The number of hydrogen-bond donors (Lipinski definition) is 3. The Balaban J connectivity index is 2.71. The van der Waals surface area contributed by atoms with Crippen LogP contribution in [-0.2, 0) is 4.79 Å². The van der Waals surface area contributed by atoms with Gasteiger partial charge in [-0.3, -0.25) is 4.79 Å². The van der Waals surface area contributed by atoms with Crippen LogP contribution in [0.15, 0.2) is 12.1 Å². The molecule has 4 nitrogen and oxygen atoms in total. The Hall–Kier alpha value is -1.55. The molecule has 4 N–H and O–H groups in total. The number of carbonyl (C=O) groups is 1. The van der Waals surface area contributed by atoms with Gasteiger partial charge in [0, 0.05) is 12.0 Å². The third kappa shape index (κ3) is 4.37. The maximum atomic E-state index is 11.8. The lowest BCUT2D eigenvalue weighted by atomic mass is 10.00. The van der Waals surface area contributed by atoms with Crippen LogP contribution in [0.1, 0.15) is 37.8 Å². The van der Waals surface area contributed by atoms with E-state index in [1.165, 1.54) is 0 Å². The summed E-state index contributed by atoms with van der Waals surface area (Å²) in [5.41, 5.74) is 7.69. The fourth-order valence-corrected chi connectivity index (χ4v) is 1.70. The molecule has 0 aliphatic rings. The summed E-state index contributed by atoms with van der Waals surface area (Å²) in [5, 5.41) is 12.6. The predicted octanol–water partition coefficient (Wildman–Crippen LogP) is 2.47. The quantitative estimate of drug-likeness (QED) is 0.718. The van der Waals surface area contributed by atoms with E-state index in [-0.39, 0.29) is 17.2 Å². The van der Waals surface area contributed by atoms with Crippen LogP contribution in [0.25, 0.3) is 0 Å². The van der Waals surface area contributed by atoms with Gasteiger partial charge >= 0.3 is 0 Å². The maximum absolute atomic E-state index is 11.8. The minimum atomic E-state index is -0.359. The maximum Gasteiger partial charge on any atom is 0.224 e. The molecule has 0 spiro atoms. The summed E-state index contributed by atoms with van der Waals surface area (Å²) in [4.78, 5) is 11.8. The van der Waals surface area contributed by atoms with Crippen molar-refractivity contribution in [3.05, 3.63) is 23.3 Å². The number of nitrogens with one attached hydrogen (secondary N) is 1. The highest BCUT2D eigenvalue weighted by atomic mass is 16.3. The van der Waals surface area contributed by atoms with E-state index in [4.69, 9.17) is 5.73 Å². The van der Waals surface area contributed by atoms with Crippen LogP contribution in [0, 0.1) is 13.8 Å². The SMILES string of the molecule is Cc1cc(C)c(O)c(NC(=O)CCC(C)(C)N)c1. The molecule has 0 saturated heterocycles. The van der Waals surface area contributed by atoms with E-state index < -0.39 is 0 Å². The minimum Gasteiger partial charge on any atom is -0.505 e. The number of rotatable bonds is 4. The van der Waals surface area contributed by atoms with Crippen LogP contribution in [0.2, 0.25) is 0 Å². The molecule has 1 rings (SSSR count). The van der Waals surface area contributed by atoms with Crippen molar-refractivity contribution in [2.45, 2.75) is 46.1 Å². The second-order valence-electron chi connectivity index (χ2n) is 5.51. The molecule has 18 heavy (non-hydrogen) atoms. The number of anilines is 1. The summed E-state index contributed by atoms with van der Waals surface area (Å²) in [6, 6.07) is 3.63. The summed E-state index contributed by atoms with van der Waals surface area (Å²) in [7, 11) is 0. The molecule has 0 heterocycles. The van der Waals surface area contributed by atoms with Crippen molar-refractivity contribution in [3.8, 4) is 5.75 Å². The van der Waals surface area contributed by atoms with E-state index >= 15 is 0 Å². The van der Waals surface area contributed by atoms with Gasteiger partial charge in [-0.15, -0.1) is 0 Å². The highest BCUT2D eigenvalue weighted by Gasteiger charge is 2.14. The van der Waals surface area contributed by atoms with E-state index in [1.807, 2.05) is 26.8 Å². The highest BCUT2D eigenvalue weighted by Crippen LogP contribution is 2.28. The van der Waals surface area contributed by atoms with Crippen LogP contribution >= 0.6 is 0 Å². The van der Waals surface area contributed by atoms with Crippen LogP contribution in [-0.4, -0.2) is 16.6 Å². The Morgan fingerprint density at radius 2 is 2.00 bits per heavy atom. The van der Waals surface area contributed by atoms with Crippen molar-refractivity contribution in [2.24, 2.45) is 5.73 Å². The Morgan fingerprint density at radius 3 is 2.56 bits per heavy atom. The number of aromatic hydroxyl groups is 1. The zero-order valence-corrected chi connectivity index (χ0v) is 11.5. The molecule has 1 amide bonds. The Morgan fingerprint density at radius 1 is 1.39 bits per heavy atom. The number of nitrogens with two attached hydrogens (primary N) is 1. The summed E-state index contributed by atoms with van der Waals surface area (Å²) in [6.45, 7) is 7.50. The first kappa shape index (κ1) is 14.5. The molecular weight excluding hydrogens is 228 g/mol. The second kappa shape index (κ2) is 5.40. The molecule has 0 unspecified atom stereocenters. The van der Waals surface area contributed by atoms with Gasteiger partial charge in [0.2, 0.25) is 5.91 Å². The standard InChI is InChI=1S/C14H22N2O2/c1-9-7-10(2)13(18)11(8-9)16-12(17)5-6-14(3,4)15/h7-8,18H,5-6,15H2,1-4H3,(H,16,17). The first-order chi connectivity index (χ1) is 8.19. The average molecular weight is 250 g/mol. The van der Waals surface area contributed by atoms with Crippen molar-refractivity contribution in [2.75, 3.05) is 5.32 Å². The number of carbonyl (C=O) groups excluding carboxylic acids is 1. The van der Waals surface area contributed by atoms with E-state index in [9.17, 15) is 9.90 Å². The van der Waals surface area contributed by atoms with Crippen LogP contribution in [0.4, 0.5) is 5.69 Å². The summed E-state index contributed by atoms with van der Waals surface area (Å²) in [5.74, 6) is -0.00483. The topological polar surface area (TPSA) is 75.3 Å². The molecule has 0 aliphatic carbocycles. The van der Waals surface area contributed by atoms with Gasteiger partial charge < -0.3 is 16.2 Å². The fourth-order valence-electron chi connectivity index (χ4n) is 1.70. The van der Waals surface area contributed by atoms with E-state index in [1.54, 1.807) is 13.0 Å².